The van der Waals surface area contributed by atoms with Crippen molar-refractivity contribution < 1.29 is 4.74 Å². The third kappa shape index (κ3) is 2.38. The van der Waals surface area contributed by atoms with Gasteiger partial charge in [0.2, 0.25) is 0 Å². The maximum absolute atomic E-state index is 5.91. The summed E-state index contributed by atoms with van der Waals surface area (Å²) >= 11 is 5.91. The third-order valence-electron chi connectivity index (χ3n) is 2.75. The standard InChI is InChI=1S/C11H14ClN5O/c1-7-8(5-16-17(7)2)4-13-11-9(18-3)10(12)14-6-15-11/h5-6H,4H2,1-3H3,(H,13,14,15). The molecule has 0 fully saturated rings. The van der Waals surface area contributed by atoms with E-state index in [1.165, 1.54) is 13.4 Å². The van der Waals surface area contributed by atoms with Crippen LogP contribution in [0.1, 0.15) is 11.3 Å². The zero-order chi connectivity index (χ0) is 13.1. The van der Waals surface area contributed by atoms with Gasteiger partial charge in [-0.1, -0.05) is 11.6 Å². The summed E-state index contributed by atoms with van der Waals surface area (Å²) in [5, 5.41) is 7.63. The maximum atomic E-state index is 5.91. The molecule has 0 saturated heterocycles. The van der Waals surface area contributed by atoms with Crippen LogP contribution in [0, 0.1) is 6.92 Å². The SMILES string of the molecule is COc1c(Cl)ncnc1NCc1cnn(C)c1C. The van der Waals surface area contributed by atoms with Crippen LogP contribution < -0.4 is 10.1 Å². The van der Waals surface area contributed by atoms with Crippen molar-refractivity contribution in [3.63, 3.8) is 0 Å². The largest absolute Gasteiger partial charge is 0.490 e. The number of methoxy groups -OCH3 is 1. The van der Waals surface area contributed by atoms with Crippen LogP contribution in [0.25, 0.3) is 0 Å². The zero-order valence-corrected chi connectivity index (χ0v) is 11.2. The Hall–Kier alpha value is -1.82. The van der Waals surface area contributed by atoms with E-state index in [0.29, 0.717) is 18.1 Å². The van der Waals surface area contributed by atoms with Crippen molar-refractivity contribution >= 4 is 17.4 Å². The van der Waals surface area contributed by atoms with Gasteiger partial charge < -0.3 is 10.1 Å². The Morgan fingerprint density at radius 3 is 2.83 bits per heavy atom. The van der Waals surface area contributed by atoms with Gasteiger partial charge in [0, 0.05) is 24.8 Å². The Balaban J connectivity index is 2.16. The lowest BCUT2D eigenvalue weighted by molar-refractivity contribution is 0.413. The summed E-state index contributed by atoms with van der Waals surface area (Å²) in [7, 11) is 3.44. The lowest BCUT2D eigenvalue weighted by Gasteiger charge is -2.10. The lowest BCUT2D eigenvalue weighted by atomic mass is 10.2. The molecular weight excluding hydrogens is 254 g/mol. The van der Waals surface area contributed by atoms with Crippen molar-refractivity contribution in [2.75, 3.05) is 12.4 Å². The Morgan fingerprint density at radius 2 is 2.22 bits per heavy atom. The molecule has 18 heavy (non-hydrogen) atoms. The number of rotatable bonds is 4. The van der Waals surface area contributed by atoms with E-state index in [2.05, 4.69) is 20.4 Å². The second-order valence-electron chi connectivity index (χ2n) is 3.78. The molecule has 0 amide bonds. The quantitative estimate of drug-likeness (QED) is 0.856. The first kappa shape index (κ1) is 12.6. The highest BCUT2D eigenvalue weighted by Crippen LogP contribution is 2.28. The van der Waals surface area contributed by atoms with E-state index in [-0.39, 0.29) is 5.15 Å². The molecule has 0 radical (unpaired) electrons. The number of aryl methyl sites for hydroxylation is 1. The monoisotopic (exact) mass is 267 g/mol. The van der Waals surface area contributed by atoms with Gasteiger partial charge in [0.05, 0.1) is 13.3 Å². The fourth-order valence-corrected chi connectivity index (χ4v) is 1.77. The molecule has 96 valence electrons. The van der Waals surface area contributed by atoms with Crippen LogP contribution in [-0.4, -0.2) is 26.9 Å². The number of ether oxygens (including phenoxy) is 1. The number of halogens is 1. The molecular formula is C11H14ClN5O. The van der Waals surface area contributed by atoms with E-state index in [0.717, 1.165) is 11.3 Å². The second kappa shape index (κ2) is 5.22. The van der Waals surface area contributed by atoms with Gasteiger partial charge in [0.1, 0.15) is 6.33 Å². The van der Waals surface area contributed by atoms with Crippen LogP contribution in [-0.2, 0) is 13.6 Å². The van der Waals surface area contributed by atoms with Crippen LogP contribution in [0.15, 0.2) is 12.5 Å². The van der Waals surface area contributed by atoms with Crippen molar-refractivity contribution in [1.29, 1.82) is 0 Å². The Kier molecular flexibility index (Phi) is 3.66. The van der Waals surface area contributed by atoms with Crippen LogP contribution >= 0.6 is 11.6 Å². The summed E-state index contributed by atoms with van der Waals surface area (Å²) in [5.41, 5.74) is 2.19. The van der Waals surface area contributed by atoms with Crippen molar-refractivity contribution in [1.82, 2.24) is 19.7 Å². The van der Waals surface area contributed by atoms with Gasteiger partial charge >= 0.3 is 0 Å². The lowest BCUT2D eigenvalue weighted by Crippen LogP contribution is -2.05. The van der Waals surface area contributed by atoms with E-state index in [9.17, 15) is 0 Å². The minimum Gasteiger partial charge on any atom is -0.490 e. The van der Waals surface area contributed by atoms with Gasteiger partial charge in [-0.25, -0.2) is 9.97 Å². The Morgan fingerprint density at radius 1 is 1.44 bits per heavy atom. The van der Waals surface area contributed by atoms with Crippen molar-refractivity contribution in [2.24, 2.45) is 7.05 Å². The average molecular weight is 268 g/mol. The maximum Gasteiger partial charge on any atom is 0.198 e. The molecule has 0 atom stereocenters. The van der Waals surface area contributed by atoms with E-state index in [1.807, 2.05) is 24.9 Å². The molecule has 2 aromatic rings. The Labute approximate surface area is 110 Å². The normalized spacial score (nSPS) is 10.4. The number of nitrogens with zero attached hydrogens (tertiary/aromatic N) is 4. The zero-order valence-electron chi connectivity index (χ0n) is 10.4. The molecule has 0 aliphatic carbocycles. The summed E-state index contributed by atoms with van der Waals surface area (Å²) in [6.45, 7) is 2.61. The number of anilines is 1. The fraction of sp³-hybridized carbons (Fsp3) is 0.364. The number of aromatic nitrogens is 4. The summed E-state index contributed by atoms with van der Waals surface area (Å²) in [6.07, 6.45) is 3.21. The molecule has 0 spiro atoms. The van der Waals surface area contributed by atoms with Gasteiger partial charge in [-0.3, -0.25) is 4.68 Å². The summed E-state index contributed by atoms with van der Waals surface area (Å²) in [6, 6.07) is 0. The van der Waals surface area contributed by atoms with E-state index in [4.69, 9.17) is 16.3 Å². The predicted molar refractivity (Wildman–Crippen MR) is 68.9 cm³/mol. The molecule has 2 aromatic heterocycles. The molecule has 0 bridgehead atoms. The molecule has 0 aliphatic rings. The highest BCUT2D eigenvalue weighted by molar-refractivity contribution is 6.31. The van der Waals surface area contributed by atoms with Crippen molar-refractivity contribution in [3.8, 4) is 5.75 Å². The minimum absolute atomic E-state index is 0.290. The van der Waals surface area contributed by atoms with Gasteiger partial charge in [-0.2, -0.15) is 5.10 Å². The van der Waals surface area contributed by atoms with Crippen molar-refractivity contribution in [3.05, 3.63) is 28.9 Å². The first-order chi connectivity index (χ1) is 8.63. The smallest absolute Gasteiger partial charge is 0.198 e. The third-order valence-corrected chi connectivity index (χ3v) is 3.02. The molecule has 0 aliphatic heterocycles. The fourth-order valence-electron chi connectivity index (χ4n) is 1.56. The van der Waals surface area contributed by atoms with E-state index >= 15 is 0 Å². The molecule has 2 heterocycles. The van der Waals surface area contributed by atoms with Crippen molar-refractivity contribution in [2.45, 2.75) is 13.5 Å². The topological polar surface area (TPSA) is 64.9 Å². The summed E-state index contributed by atoms with van der Waals surface area (Å²) in [5.74, 6) is 1.02. The van der Waals surface area contributed by atoms with Crippen LogP contribution in [0.4, 0.5) is 5.82 Å². The minimum atomic E-state index is 0.290. The molecule has 2 rings (SSSR count). The van der Waals surface area contributed by atoms with Crippen LogP contribution in [0.5, 0.6) is 5.75 Å². The molecule has 1 N–H and O–H groups in total. The first-order valence-electron chi connectivity index (χ1n) is 5.39. The van der Waals surface area contributed by atoms with Gasteiger partial charge in [0.15, 0.2) is 16.7 Å². The number of hydrogen-bond acceptors (Lipinski definition) is 5. The first-order valence-corrected chi connectivity index (χ1v) is 5.77. The molecule has 6 nitrogen and oxygen atoms in total. The van der Waals surface area contributed by atoms with Crippen LogP contribution in [0.2, 0.25) is 5.15 Å². The Bertz CT molecular complexity index is 554. The van der Waals surface area contributed by atoms with E-state index < -0.39 is 0 Å². The molecule has 0 unspecified atom stereocenters. The average Bonchev–Trinajstić information content (AvgIpc) is 2.68. The van der Waals surface area contributed by atoms with Gasteiger partial charge in [-0.15, -0.1) is 0 Å². The molecule has 7 heteroatoms. The van der Waals surface area contributed by atoms with Gasteiger partial charge in [-0.05, 0) is 6.92 Å². The highest BCUT2D eigenvalue weighted by Gasteiger charge is 2.11. The van der Waals surface area contributed by atoms with Gasteiger partial charge in [0.25, 0.3) is 0 Å². The van der Waals surface area contributed by atoms with E-state index in [1.54, 1.807) is 0 Å². The molecule has 0 saturated carbocycles. The number of hydrogen-bond donors (Lipinski definition) is 1. The summed E-state index contributed by atoms with van der Waals surface area (Å²) < 4.78 is 6.98. The van der Waals surface area contributed by atoms with Crippen LogP contribution in [0.3, 0.4) is 0 Å². The number of nitrogens with one attached hydrogen (secondary N) is 1. The molecule has 0 aromatic carbocycles. The summed E-state index contributed by atoms with van der Waals surface area (Å²) in [4.78, 5) is 7.96. The predicted octanol–water partition coefficient (Wildman–Crippen LogP) is 1.79. The second-order valence-corrected chi connectivity index (χ2v) is 4.14. The highest BCUT2D eigenvalue weighted by atomic mass is 35.5.